The van der Waals surface area contributed by atoms with Crippen molar-refractivity contribution in [2.24, 2.45) is 0 Å². The van der Waals surface area contributed by atoms with E-state index in [-0.39, 0.29) is 11.1 Å². The number of benzene rings is 1. The van der Waals surface area contributed by atoms with Crippen molar-refractivity contribution in [2.75, 3.05) is 5.32 Å². The van der Waals surface area contributed by atoms with E-state index in [1.54, 1.807) is 30.3 Å². The molecular formula is C16H11N3O3. The minimum absolute atomic E-state index is 0.0839. The number of amides is 1. The third-order valence-electron chi connectivity index (χ3n) is 2.75. The highest BCUT2D eigenvalue weighted by atomic mass is 16.4. The van der Waals surface area contributed by atoms with Crippen molar-refractivity contribution < 1.29 is 14.7 Å². The molecule has 2 N–H and O–H groups in total. The lowest BCUT2D eigenvalue weighted by Crippen LogP contribution is -2.13. The van der Waals surface area contributed by atoms with Gasteiger partial charge < -0.3 is 10.4 Å². The summed E-state index contributed by atoms with van der Waals surface area (Å²) in [6, 6.07) is 11.0. The lowest BCUT2D eigenvalue weighted by atomic mass is 10.1. The average molecular weight is 293 g/mol. The smallest absolute Gasteiger partial charge is 0.335 e. The zero-order valence-corrected chi connectivity index (χ0v) is 11.4. The molecule has 1 amide bonds. The minimum atomic E-state index is -1.07. The number of aromatic nitrogens is 1. The molecular weight excluding hydrogens is 282 g/mol. The molecule has 0 unspecified atom stereocenters. The van der Waals surface area contributed by atoms with E-state index in [9.17, 15) is 9.59 Å². The van der Waals surface area contributed by atoms with Gasteiger partial charge in [0.2, 0.25) is 0 Å². The van der Waals surface area contributed by atoms with E-state index >= 15 is 0 Å². The number of aromatic carboxylic acids is 1. The van der Waals surface area contributed by atoms with Crippen LogP contribution >= 0.6 is 0 Å². The van der Waals surface area contributed by atoms with Crippen molar-refractivity contribution in [2.45, 2.75) is 0 Å². The Morgan fingerprint density at radius 2 is 1.95 bits per heavy atom. The number of pyridine rings is 1. The molecule has 2 aromatic rings. The van der Waals surface area contributed by atoms with E-state index in [4.69, 9.17) is 10.4 Å². The van der Waals surface area contributed by atoms with E-state index in [1.165, 1.54) is 30.6 Å². The summed E-state index contributed by atoms with van der Waals surface area (Å²) in [4.78, 5) is 26.8. The summed E-state index contributed by atoms with van der Waals surface area (Å²) in [5.41, 5.74) is 0.932. The van der Waals surface area contributed by atoms with Crippen LogP contribution in [-0.2, 0) is 4.79 Å². The van der Waals surface area contributed by atoms with Crippen molar-refractivity contribution >= 4 is 23.6 Å². The Kier molecular flexibility index (Phi) is 4.63. The predicted molar refractivity (Wildman–Crippen MR) is 79.9 cm³/mol. The zero-order chi connectivity index (χ0) is 15.9. The Morgan fingerprint density at radius 3 is 2.59 bits per heavy atom. The van der Waals surface area contributed by atoms with Crippen molar-refractivity contribution in [3.8, 4) is 6.07 Å². The molecule has 0 fully saturated rings. The van der Waals surface area contributed by atoms with Gasteiger partial charge in [-0.1, -0.05) is 12.1 Å². The second-order valence-corrected chi connectivity index (χ2v) is 4.29. The van der Waals surface area contributed by atoms with Crippen LogP contribution in [0.1, 0.15) is 15.9 Å². The van der Waals surface area contributed by atoms with Gasteiger partial charge in [0.15, 0.2) is 0 Å². The van der Waals surface area contributed by atoms with Crippen molar-refractivity contribution in [1.29, 1.82) is 5.26 Å². The van der Waals surface area contributed by atoms with Gasteiger partial charge in [-0.3, -0.25) is 9.78 Å². The number of anilines is 1. The number of carboxylic acid groups (broad SMARTS) is 1. The Balaban J connectivity index is 2.24. The van der Waals surface area contributed by atoms with Gasteiger partial charge in [-0.25, -0.2) is 4.79 Å². The molecule has 6 heteroatoms. The molecule has 2 rings (SSSR count). The molecule has 0 bridgehead atoms. The number of hydrogen-bond donors (Lipinski definition) is 2. The Morgan fingerprint density at radius 1 is 1.23 bits per heavy atom. The SMILES string of the molecule is N#C/C(=C/c1cccc(C(=O)O)c1)C(=O)Nc1ccncc1. The first-order valence-electron chi connectivity index (χ1n) is 6.26. The first kappa shape index (κ1) is 14.9. The average Bonchev–Trinajstić information content (AvgIpc) is 2.53. The van der Waals surface area contributed by atoms with Crippen LogP contribution in [0.5, 0.6) is 0 Å². The third kappa shape index (κ3) is 3.77. The Bertz CT molecular complexity index is 777. The second-order valence-electron chi connectivity index (χ2n) is 4.29. The van der Waals surface area contributed by atoms with Crippen LogP contribution in [0.25, 0.3) is 6.08 Å². The van der Waals surface area contributed by atoms with Crippen LogP contribution in [0.4, 0.5) is 5.69 Å². The highest BCUT2D eigenvalue weighted by Gasteiger charge is 2.10. The number of nitrogens with one attached hydrogen (secondary N) is 1. The lowest BCUT2D eigenvalue weighted by Gasteiger charge is -2.03. The van der Waals surface area contributed by atoms with Crippen LogP contribution in [0.15, 0.2) is 54.4 Å². The van der Waals surface area contributed by atoms with Gasteiger partial charge in [0.25, 0.3) is 5.91 Å². The molecule has 6 nitrogen and oxygen atoms in total. The minimum Gasteiger partial charge on any atom is -0.478 e. The number of carbonyl (C=O) groups is 2. The van der Waals surface area contributed by atoms with E-state index < -0.39 is 11.9 Å². The molecule has 0 radical (unpaired) electrons. The summed E-state index contributed by atoms with van der Waals surface area (Å²) in [5.74, 6) is -1.65. The number of carboxylic acids is 1. The molecule has 0 aliphatic rings. The molecule has 1 aromatic heterocycles. The largest absolute Gasteiger partial charge is 0.478 e. The summed E-state index contributed by atoms with van der Waals surface area (Å²) in [5, 5.41) is 20.6. The van der Waals surface area contributed by atoms with Crippen LogP contribution in [-0.4, -0.2) is 22.0 Å². The van der Waals surface area contributed by atoms with Gasteiger partial charge in [0.05, 0.1) is 5.56 Å². The molecule has 1 heterocycles. The van der Waals surface area contributed by atoms with Crippen LogP contribution < -0.4 is 5.32 Å². The highest BCUT2D eigenvalue weighted by molar-refractivity contribution is 6.09. The molecule has 22 heavy (non-hydrogen) atoms. The topological polar surface area (TPSA) is 103 Å². The van der Waals surface area contributed by atoms with E-state index in [0.29, 0.717) is 11.3 Å². The molecule has 0 atom stereocenters. The Labute approximate surface area is 126 Å². The van der Waals surface area contributed by atoms with Gasteiger partial charge in [0, 0.05) is 18.1 Å². The van der Waals surface area contributed by atoms with Crippen LogP contribution in [0, 0.1) is 11.3 Å². The van der Waals surface area contributed by atoms with E-state index in [2.05, 4.69) is 10.3 Å². The fourth-order valence-corrected chi connectivity index (χ4v) is 1.71. The van der Waals surface area contributed by atoms with Crippen molar-refractivity contribution in [1.82, 2.24) is 4.98 Å². The van der Waals surface area contributed by atoms with Crippen molar-refractivity contribution in [3.05, 3.63) is 65.5 Å². The molecule has 0 saturated carbocycles. The number of rotatable bonds is 4. The summed E-state index contributed by atoms with van der Waals surface area (Å²) in [6.45, 7) is 0. The van der Waals surface area contributed by atoms with Gasteiger partial charge in [-0.15, -0.1) is 0 Å². The quantitative estimate of drug-likeness (QED) is 0.665. The normalized spacial score (nSPS) is 10.6. The number of nitriles is 1. The van der Waals surface area contributed by atoms with Gasteiger partial charge in [-0.2, -0.15) is 5.26 Å². The zero-order valence-electron chi connectivity index (χ0n) is 11.4. The molecule has 0 saturated heterocycles. The fraction of sp³-hybridized carbons (Fsp3) is 0. The predicted octanol–water partition coefficient (Wildman–Crippen LogP) is 2.33. The Hall–Kier alpha value is -3.46. The van der Waals surface area contributed by atoms with Crippen LogP contribution in [0.2, 0.25) is 0 Å². The number of hydrogen-bond acceptors (Lipinski definition) is 4. The first-order valence-corrected chi connectivity index (χ1v) is 6.26. The fourth-order valence-electron chi connectivity index (χ4n) is 1.71. The molecule has 108 valence electrons. The molecule has 0 spiro atoms. The number of nitrogens with zero attached hydrogens (tertiary/aromatic N) is 2. The number of carbonyl (C=O) groups excluding carboxylic acids is 1. The maximum atomic E-state index is 12.0. The monoisotopic (exact) mass is 293 g/mol. The maximum Gasteiger partial charge on any atom is 0.335 e. The van der Waals surface area contributed by atoms with E-state index in [0.717, 1.165) is 0 Å². The molecule has 0 aliphatic heterocycles. The highest BCUT2D eigenvalue weighted by Crippen LogP contribution is 2.12. The first-order chi connectivity index (χ1) is 10.6. The van der Waals surface area contributed by atoms with Gasteiger partial charge in [0.1, 0.15) is 11.6 Å². The van der Waals surface area contributed by atoms with Gasteiger partial charge >= 0.3 is 5.97 Å². The van der Waals surface area contributed by atoms with Gasteiger partial charge in [-0.05, 0) is 35.9 Å². The van der Waals surface area contributed by atoms with E-state index in [1.807, 2.05) is 0 Å². The molecule has 1 aromatic carbocycles. The summed E-state index contributed by atoms with van der Waals surface area (Å²) >= 11 is 0. The van der Waals surface area contributed by atoms with Crippen molar-refractivity contribution in [3.63, 3.8) is 0 Å². The second kappa shape index (κ2) is 6.81. The summed E-state index contributed by atoms with van der Waals surface area (Å²) in [7, 11) is 0. The maximum absolute atomic E-state index is 12.0. The standard InChI is InChI=1S/C16H11N3O3/c17-10-13(15(20)19-14-4-6-18-7-5-14)9-11-2-1-3-12(8-11)16(21)22/h1-9H,(H,21,22)(H,18,19,20)/b13-9-. The third-order valence-corrected chi connectivity index (χ3v) is 2.75. The van der Waals surface area contributed by atoms with Crippen LogP contribution in [0.3, 0.4) is 0 Å². The summed E-state index contributed by atoms with van der Waals surface area (Å²) in [6.07, 6.45) is 4.37. The summed E-state index contributed by atoms with van der Waals surface area (Å²) < 4.78 is 0. The molecule has 0 aliphatic carbocycles. The lowest BCUT2D eigenvalue weighted by molar-refractivity contribution is -0.112.